The highest BCUT2D eigenvalue weighted by molar-refractivity contribution is 9.10. The van der Waals surface area contributed by atoms with Crippen molar-refractivity contribution in [1.29, 1.82) is 0 Å². The molecule has 19 heavy (non-hydrogen) atoms. The van der Waals surface area contributed by atoms with Gasteiger partial charge in [-0.3, -0.25) is 0 Å². The normalized spacial score (nSPS) is 12.5. The van der Waals surface area contributed by atoms with Crippen LogP contribution in [0.5, 0.6) is 0 Å². The van der Waals surface area contributed by atoms with Gasteiger partial charge < -0.3 is 0 Å². The summed E-state index contributed by atoms with van der Waals surface area (Å²) >= 11 is 9.66. The maximum absolute atomic E-state index is 6.09. The second kappa shape index (κ2) is 5.59. The summed E-state index contributed by atoms with van der Waals surface area (Å²) in [5.41, 5.74) is 5.33. The maximum Gasteiger partial charge on any atom is 0.159 e. The average molecular weight is 340 g/mol. The molecule has 1 atom stereocenters. The highest BCUT2D eigenvalue weighted by Crippen LogP contribution is 2.28. The zero-order chi connectivity index (χ0) is 14.2. The molecule has 0 aliphatic carbocycles. The molecule has 0 N–H and O–H groups in total. The zero-order valence-electron chi connectivity index (χ0n) is 11.5. The van der Waals surface area contributed by atoms with E-state index in [1.165, 1.54) is 11.1 Å². The fraction of sp³-hybridized carbons (Fsp3) is 0.333. The van der Waals surface area contributed by atoms with Crippen molar-refractivity contribution >= 4 is 27.5 Å². The minimum absolute atomic E-state index is 0.0672. The van der Waals surface area contributed by atoms with Crippen LogP contribution in [0.2, 0.25) is 0 Å². The number of nitrogens with zero attached hydrogens (tertiary/aromatic N) is 2. The molecular formula is C15H16BrClN2. The molecule has 0 bridgehead atoms. The summed E-state index contributed by atoms with van der Waals surface area (Å²) < 4.78 is 1.14. The molecule has 0 aliphatic rings. The molecule has 1 aromatic carbocycles. The van der Waals surface area contributed by atoms with Crippen molar-refractivity contribution in [2.24, 2.45) is 0 Å². The Hall–Kier alpha value is -0.930. The lowest BCUT2D eigenvalue weighted by atomic mass is 10.1. The zero-order valence-corrected chi connectivity index (χ0v) is 13.8. The van der Waals surface area contributed by atoms with E-state index in [1.807, 2.05) is 20.0 Å². The second-order valence-electron chi connectivity index (χ2n) is 4.77. The fourth-order valence-corrected chi connectivity index (χ4v) is 2.52. The van der Waals surface area contributed by atoms with Gasteiger partial charge in [-0.05, 0) is 51.0 Å². The Bertz CT molecular complexity index is 601. The molecule has 100 valence electrons. The molecule has 0 aliphatic heterocycles. The molecule has 0 amide bonds. The lowest BCUT2D eigenvalue weighted by Crippen LogP contribution is -1.99. The molecule has 2 aromatic rings. The van der Waals surface area contributed by atoms with Gasteiger partial charge in [-0.1, -0.05) is 15.9 Å². The summed E-state index contributed by atoms with van der Waals surface area (Å²) in [6.07, 6.45) is 1.82. The van der Waals surface area contributed by atoms with Crippen molar-refractivity contribution in [2.75, 3.05) is 0 Å². The first-order valence-electron chi connectivity index (χ1n) is 6.15. The molecule has 0 spiro atoms. The minimum Gasteiger partial charge on any atom is -0.236 e. The van der Waals surface area contributed by atoms with E-state index in [-0.39, 0.29) is 5.38 Å². The Kier molecular flexibility index (Phi) is 4.26. The number of benzene rings is 1. The second-order valence-corrected chi connectivity index (χ2v) is 6.22. The van der Waals surface area contributed by atoms with E-state index in [0.29, 0.717) is 0 Å². The van der Waals surface area contributed by atoms with Crippen LogP contribution in [0.3, 0.4) is 0 Å². The molecule has 0 saturated carbocycles. The number of hydrogen-bond donors (Lipinski definition) is 0. The van der Waals surface area contributed by atoms with Crippen molar-refractivity contribution in [3.8, 4) is 11.4 Å². The summed E-state index contributed by atoms with van der Waals surface area (Å²) in [6.45, 7) is 8.05. The third-order valence-electron chi connectivity index (χ3n) is 3.14. The largest absolute Gasteiger partial charge is 0.236 e. The molecular weight excluding hydrogens is 324 g/mol. The van der Waals surface area contributed by atoms with Crippen LogP contribution in [-0.4, -0.2) is 9.97 Å². The van der Waals surface area contributed by atoms with E-state index in [2.05, 4.69) is 51.9 Å². The Morgan fingerprint density at radius 2 is 1.74 bits per heavy atom. The molecule has 1 unspecified atom stereocenters. The van der Waals surface area contributed by atoms with E-state index in [9.17, 15) is 0 Å². The van der Waals surface area contributed by atoms with Gasteiger partial charge in [-0.15, -0.1) is 11.6 Å². The topological polar surface area (TPSA) is 25.8 Å². The molecule has 0 radical (unpaired) electrons. The molecule has 2 rings (SSSR count). The fourth-order valence-electron chi connectivity index (χ4n) is 2.08. The van der Waals surface area contributed by atoms with Crippen molar-refractivity contribution < 1.29 is 0 Å². The summed E-state index contributed by atoms with van der Waals surface area (Å²) in [5, 5.41) is -0.0672. The summed E-state index contributed by atoms with van der Waals surface area (Å²) in [7, 11) is 0. The van der Waals surface area contributed by atoms with Crippen LogP contribution in [0.1, 0.15) is 34.7 Å². The number of alkyl halides is 1. The van der Waals surface area contributed by atoms with Gasteiger partial charge in [0.05, 0.1) is 5.38 Å². The Balaban J connectivity index is 2.51. The Morgan fingerprint density at radius 3 is 2.21 bits per heavy atom. The van der Waals surface area contributed by atoms with Gasteiger partial charge >= 0.3 is 0 Å². The van der Waals surface area contributed by atoms with Crippen LogP contribution in [0.4, 0.5) is 0 Å². The van der Waals surface area contributed by atoms with E-state index < -0.39 is 0 Å². The van der Waals surface area contributed by atoms with E-state index in [1.54, 1.807) is 0 Å². The highest BCUT2D eigenvalue weighted by atomic mass is 79.9. The lowest BCUT2D eigenvalue weighted by molar-refractivity contribution is 0.975. The van der Waals surface area contributed by atoms with Crippen molar-refractivity contribution in [2.45, 2.75) is 33.1 Å². The molecule has 2 nitrogen and oxygen atoms in total. The van der Waals surface area contributed by atoms with Gasteiger partial charge in [0.15, 0.2) is 5.82 Å². The molecule has 4 heteroatoms. The van der Waals surface area contributed by atoms with E-state index in [4.69, 9.17) is 11.6 Å². The van der Waals surface area contributed by atoms with Gasteiger partial charge in [0.2, 0.25) is 0 Å². The van der Waals surface area contributed by atoms with Gasteiger partial charge in [0, 0.05) is 27.5 Å². The average Bonchev–Trinajstić information content (AvgIpc) is 2.34. The van der Waals surface area contributed by atoms with Crippen LogP contribution >= 0.6 is 27.5 Å². The van der Waals surface area contributed by atoms with Crippen molar-refractivity contribution in [3.63, 3.8) is 0 Å². The van der Waals surface area contributed by atoms with Crippen molar-refractivity contribution in [3.05, 3.63) is 45.2 Å². The molecule has 1 heterocycles. The van der Waals surface area contributed by atoms with Gasteiger partial charge in [-0.2, -0.15) is 0 Å². The van der Waals surface area contributed by atoms with Gasteiger partial charge in [-0.25, -0.2) is 9.97 Å². The number of hydrogen-bond acceptors (Lipinski definition) is 2. The number of rotatable bonds is 2. The van der Waals surface area contributed by atoms with Crippen molar-refractivity contribution in [1.82, 2.24) is 9.97 Å². The number of halogens is 2. The molecule has 1 aromatic heterocycles. The van der Waals surface area contributed by atoms with Crippen LogP contribution in [0, 0.1) is 20.8 Å². The SMILES string of the molecule is Cc1cc(-c2ncc(C(C)Cl)c(C)n2)cc(C)c1Br. The summed E-state index contributed by atoms with van der Waals surface area (Å²) in [4.78, 5) is 9.00. The van der Waals surface area contributed by atoms with Crippen LogP contribution in [0.25, 0.3) is 11.4 Å². The van der Waals surface area contributed by atoms with Crippen LogP contribution in [0.15, 0.2) is 22.8 Å². The molecule has 0 saturated heterocycles. The Labute approximate surface area is 127 Å². The summed E-state index contributed by atoms with van der Waals surface area (Å²) in [5.74, 6) is 0.747. The predicted octanol–water partition coefficient (Wildman–Crippen LogP) is 5.13. The minimum atomic E-state index is -0.0672. The standard InChI is InChI=1S/C15H16BrClN2/c1-8-5-12(6-9(2)14(8)16)15-18-7-13(10(3)17)11(4)19-15/h5-7,10H,1-4H3. The van der Waals surface area contributed by atoms with Gasteiger partial charge in [0.25, 0.3) is 0 Å². The van der Waals surface area contributed by atoms with Crippen LogP contribution < -0.4 is 0 Å². The summed E-state index contributed by atoms with van der Waals surface area (Å²) in [6, 6.07) is 4.19. The predicted molar refractivity (Wildman–Crippen MR) is 83.6 cm³/mol. The first-order chi connectivity index (χ1) is 8.90. The molecule has 0 fully saturated rings. The third-order valence-corrected chi connectivity index (χ3v) is 4.63. The van der Waals surface area contributed by atoms with E-state index >= 15 is 0 Å². The first kappa shape index (κ1) is 14.5. The monoisotopic (exact) mass is 338 g/mol. The first-order valence-corrected chi connectivity index (χ1v) is 7.38. The third kappa shape index (κ3) is 2.98. The number of aromatic nitrogens is 2. The lowest BCUT2D eigenvalue weighted by Gasteiger charge is -2.10. The van der Waals surface area contributed by atoms with Crippen LogP contribution in [-0.2, 0) is 0 Å². The number of aryl methyl sites for hydroxylation is 3. The smallest absolute Gasteiger partial charge is 0.159 e. The maximum atomic E-state index is 6.09. The Morgan fingerprint density at radius 1 is 1.16 bits per heavy atom. The highest BCUT2D eigenvalue weighted by Gasteiger charge is 2.11. The van der Waals surface area contributed by atoms with E-state index in [0.717, 1.165) is 27.1 Å². The quantitative estimate of drug-likeness (QED) is 0.709. The van der Waals surface area contributed by atoms with Gasteiger partial charge in [0.1, 0.15) is 0 Å².